The van der Waals surface area contributed by atoms with Gasteiger partial charge in [-0.05, 0) is 43.3 Å². The van der Waals surface area contributed by atoms with Crippen molar-refractivity contribution in [1.29, 1.82) is 0 Å². The molecule has 0 unspecified atom stereocenters. The molecule has 0 aliphatic carbocycles. The molecule has 0 aliphatic rings. The lowest BCUT2D eigenvalue weighted by atomic mass is 10.1. The van der Waals surface area contributed by atoms with Crippen molar-refractivity contribution in [3.05, 3.63) is 53.8 Å². The third kappa shape index (κ3) is 3.42. The molecule has 0 radical (unpaired) electrons. The molecular weight excluding hydrogens is 275 g/mol. The molecule has 0 atom stereocenters. The van der Waals surface area contributed by atoms with E-state index in [0.29, 0.717) is 18.1 Å². The van der Waals surface area contributed by atoms with Crippen LogP contribution in [0.3, 0.4) is 0 Å². The van der Waals surface area contributed by atoms with Gasteiger partial charge < -0.3 is 20.4 Å². The summed E-state index contributed by atoms with van der Waals surface area (Å²) in [7, 11) is 0. The Morgan fingerprint density at radius 1 is 1.19 bits per heavy atom. The molecule has 0 aliphatic heterocycles. The van der Waals surface area contributed by atoms with Gasteiger partial charge in [-0.2, -0.15) is 0 Å². The fourth-order valence-corrected chi connectivity index (χ4v) is 1.79. The van der Waals surface area contributed by atoms with Crippen LogP contribution in [0.4, 0.5) is 4.39 Å². The molecular formula is C15H15FN2O3. The minimum atomic E-state index is -0.631. The molecule has 0 saturated heterocycles. The van der Waals surface area contributed by atoms with Gasteiger partial charge in [0.05, 0.1) is 12.2 Å². The van der Waals surface area contributed by atoms with E-state index in [9.17, 15) is 4.39 Å². The monoisotopic (exact) mass is 290 g/mol. The van der Waals surface area contributed by atoms with Crippen LogP contribution < -0.4 is 15.2 Å². The van der Waals surface area contributed by atoms with E-state index in [0.717, 1.165) is 0 Å². The predicted octanol–water partition coefficient (Wildman–Crippen LogP) is 3.11. The van der Waals surface area contributed by atoms with Gasteiger partial charge in [0, 0.05) is 0 Å². The number of nitrogens with two attached hydrogens (primary N) is 1. The smallest absolute Gasteiger partial charge is 0.176 e. The van der Waals surface area contributed by atoms with Crippen molar-refractivity contribution in [1.82, 2.24) is 0 Å². The van der Waals surface area contributed by atoms with Gasteiger partial charge in [-0.3, -0.25) is 0 Å². The summed E-state index contributed by atoms with van der Waals surface area (Å²) in [5.74, 6) is 0.369. The maximum absolute atomic E-state index is 13.8. The van der Waals surface area contributed by atoms with Crippen molar-refractivity contribution in [2.24, 2.45) is 10.9 Å². The normalized spacial score (nSPS) is 11.2. The number of oxime groups is 1. The molecule has 2 aromatic rings. The zero-order chi connectivity index (χ0) is 15.2. The molecule has 6 heteroatoms. The van der Waals surface area contributed by atoms with E-state index in [1.807, 2.05) is 6.92 Å². The Morgan fingerprint density at radius 2 is 1.86 bits per heavy atom. The maximum atomic E-state index is 13.8. The molecule has 0 amide bonds. The first kappa shape index (κ1) is 14.6. The minimum Gasteiger partial charge on any atom is -0.494 e. The first-order chi connectivity index (χ1) is 10.2. The predicted molar refractivity (Wildman–Crippen MR) is 76.6 cm³/mol. The first-order valence-electron chi connectivity index (χ1n) is 6.32. The van der Waals surface area contributed by atoms with E-state index in [1.165, 1.54) is 18.2 Å². The fraction of sp³-hybridized carbons (Fsp3) is 0.133. The highest BCUT2D eigenvalue weighted by molar-refractivity contribution is 5.99. The Labute approximate surface area is 121 Å². The molecule has 0 aromatic heterocycles. The van der Waals surface area contributed by atoms with Gasteiger partial charge in [0.1, 0.15) is 23.1 Å². The van der Waals surface area contributed by atoms with E-state index in [1.54, 1.807) is 24.3 Å². The van der Waals surface area contributed by atoms with Crippen molar-refractivity contribution in [3.8, 4) is 17.2 Å². The zero-order valence-electron chi connectivity index (χ0n) is 11.4. The van der Waals surface area contributed by atoms with Crippen molar-refractivity contribution in [2.75, 3.05) is 6.61 Å². The Bertz CT molecular complexity index is 642. The highest BCUT2D eigenvalue weighted by atomic mass is 19.1. The lowest BCUT2D eigenvalue weighted by Crippen LogP contribution is -2.16. The van der Waals surface area contributed by atoms with E-state index in [2.05, 4.69) is 5.16 Å². The van der Waals surface area contributed by atoms with Gasteiger partial charge in [0.15, 0.2) is 5.84 Å². The van der Waals surface area contributed by atoms with Crippen LogP contribution >= 0.6 is 0 Å². The van der Waals surface area contributed by atoms with Crippen molar-refractivity contribution >= 4 is 5.84 Å². The lowest BCUT2D eigenvalue weighted by molar-refractivity contribution is 0.318. The second kappa shape index (κ2) is 6.60. The molecule has 2 rings (SSSR count). The second-order valence-corrected chi connectivity index (χ2v) is 4.10. The minimum absolute atomic E-state index is 0.0890. The summed E-state index contributed by atoms with van der Waals surface area (Å²) in [6.45, 7) is 2.46. The molecule has 0 spiro atoms. The fourth-order valence-electron chi connectivity index (χ4n) is 1.79. The standard InChI is InChI=1S/C15H15FN2O3/c1-2-20-10-6-8-11(9-7-10)21-13-5-3-4-12(16)14(13)15(17)18-19/h3-9,19H,2H2,1H3,(H2,17,18). The van der Waals surface area contributed by atoms with Crippen LogP contribution in [0, 0.1) is 5.82 Å². The first-order valence-corrected chi connectivity index (χ1v) is 6.32. The zero-order valence-corrected chi connectivity index (χ0v) is 11.4. The van der Waals surface area contributed by atoms with Crippen LogP contribution in [-0.2, 0) is 0 Å². The molecule has 21 heavy (non-hydrogen) atoms. The number of hydrogen-bond donors (Lipinski definition) is 2. The van der Waals surface area contributed by atoms with Crippen LogP contribution in [0.25, 0.3) is 0 Å². The van der Waals surface area contributed by atoms with Crippen LogP contribution in [0.2, 0.25) is 0 Å². The van der Waals surface area contributed by atoms with E-state index < -0.39 is 5.82 Å². The third-order valence-electron chi connectivity index (χ3n) is 2.70. The summed E-state index contributed by atoms with van der Waals surface area (Å²) in [6, 6.07) is 11.1. The SMILES string of the molecule is CCOc1ccc(Oc2cccc(F)c2C(N)=NO)cc1. The van der Waals surface area contributed by atoms with Gasteiger partial charge >= 0.3 is 0 Å². The Morgan fingerprint density at radius 3 is 2.48 bits per heavy atom. The van der Waals surface area contributed by atoms with Gasteiger partial charge in [-0.15, -0.1) is 0 Å². The average Bonchev–Trinajstić information content (AvgIpc) is 2.49. The van der Waals surface area contributed by atoms with Crippen molar-refractivity contribution in [3.63, 3.8) is 0 Å². The molecule has 110 valence electrons. The van der Waals surface area contributed by atoms with Gasteiger partial charge in [0.25, 0.3) is 0 Å². The highest BCUT2D eigenvalue weighted by Gasteiger charge is 2.14. The molecule has 3 N–H and O–H groups in total. The van der Waals surface area contributed by atoms with Crippen LogP contribution in [0.15, 0.2) is 47.6 Å². The number of halogens is 1. The molecule has 0 saturated carbocycles. The van der Waals surface area contributed by atoms with Crippen LogP contribution in [-0.4, -0.2) is 17.6 Å². The second-order valence-electron chi connectivity index (χ2n) is 4.10. The number of amidine groups is 1. The molecule has 0 bridgehead atoms. The number of rotatable bonds is 5. The van der Waals surface area contributed by atoms with E-state index in [-0.39, 0.29) is 17.1 Å². The Kier molecular flexibility index (Phi) is 4.61. The third-order valence-corrected chi connectivity index (χ3v) is 2.70. The van der Waals surface area contributed by atoms with Crippen molar-refractivity contribution < 1.29 is 19.1 Å². The summed E-state index contributed by atoms with van der Waals surface area (Å²) in [6.07, 6.45) is 0. The quantitative estimate of drug-likeness (QED) is 0.384. The summed E-state index contributed by atoms with van der Waals surface area (Å²) < 4.78 is 24.7. The van der Waals surface area contributed by atoms with E-state index >= 15 is 0 Å². The number of nitrogens with zero attached hydrogens (tertiary/aromatic N) is 1. The molecule has 2 aromatic carbocycles. The summed E-state index contributed by atoms with van der Waals surface area (Å²) in [5.41, 5.74) is 5.38. The summed E-state index contributed by atoms with van der Waals surface area (Å²) >= 11 is 0. The molecule has 0 heterocycles. The Hall–Kier alpha value is -2.76. The lowest BCUT2D eigenvalue weighted by Gasteiger charge is -2.11. The van der Waals surface area contributed by atoms with Crippen LogP contribution in [0.1, 0.15) is 12.5 Å². The average molecular weight is 290 g/mol. The van der Waals surface area contributed by atoms with E-state index in [4.69, 9.17) is 20.4 Å². The summed E-state index contributed by atoms with van der Waals surface area (Å²) in [5, 5.41) is 11.5. The van der Waals surface area contributed by atoms with Gasteiger partial charge in [-0.1, -0.05) is 11.2 Å². The maximum Gasteiger partial charge on any atom is 0.176 e. The Balaban J connectivity index is 2.29. The number of ether oxygens (including phenoxy) is 2. The molecule has 5 nitrogen and oxygen atoms in total. The number of benzene rings is 2. The molecule has 0 fully saturated rings. The van der Waals surface area contributed by atoms with Crippen LogP contribution in [0.5, 0.6) is 17.2 Å². The number of hydrogen-bond acceptors (Lipinski definition) is 4. The van der Waals surface area contributed by atoms with Gasteiger partial charge in [0.2, 0.25) is 0 Å². The largest absolute Gasteiger partial charge is 0.494 e. The highest BCUT2D eigenvalue weighted by Crippen LogP contribution is 2.28. The topological polar surface area (TPSA) is 77.1 Å². The summed E-state index contributed by atoms with van der Waals surface area (Å²) in [4.78, 5) is 0. The van der Waals surface area contributed by atoms with Crippen molar-refractivity contribution in [2.45, 2.75) is 6.92 Å². The van der Waals surface area contributed by atoms with Gasteiger partial charge in [-0.25, -0.2) is 4.39 Å².